The monoisotopic (exact) mass is 608 g/mol. The lowest BCUT2D eigenvalue weighted by molar-refractivity contribution is -0.177. The van der Waals surface area contributed by atoms with Crippen LogP contribution in [-0.2, 0) is 20.8 Å². The number of halogens is 3. The van der Waals surface area contributed by atoms with E-state index >= 15 is 0 Å². The Bertz CT molecular complexity index is 1520. The number of benzene rings is 2. The lowest BCUT2D eigenvalue weighted by Gasteiger charge is -2.26. The zero-order chi connectivity index (χ0) is 32.4. The number of methoxy groups -OCH3 is 1. The van der Waals surface area contributed by atoms with Gasteiger partial charge in [-0.15, -0.1) is 0 Å². The maximum atomic E-state index is 13.8. The van der Waals surface area contributed by atoms with Crippen LogP contribution >= 0.6 is 0 Å². The van der Waals surface area contributed by atoms with Crippen LogP contribution in [0.5, 0.6) is 5.75 Å². The second-order valence-corrected chi connectivity index (χ2v) is 10.3. The van der Waals surface area contributed by atoms with Crippen molar-refractivity contribution in [2.45, 2.75) is 44.9 Å². The first-order valence-corrected chi connectivity index (χ1v) is 13.6. The minimum absolute atomic E-state index is 0.00656. The summed E-state index contributed by atoms with van der Waals surface area (Å²) in [7, 11) is 1.42. The third-order valence-corrected chi connectivity index (χ3v) is 6.98. The predicted octanol–water partition coefficient (Wildman–Crippen LogP) is 4.52. The molecule has 2 aromatic carbocycles. The number of carbonyl (C=O) groups is 4. The molecule has 1 heterocycles. The van der Waals surface area contributed by atoms with Crippen LogP contribution < -0.4 is 15.4 Å². The minimum Gasteiger partial charge on any atom is -0.497 e. The first-order chi connectivity index (χ1) is 20.8. The summed E-state index contributed by atoms with van der Waals surface area (Å²) in [6, 6.07) is 16.2. The van der Waals surface area contributed by atoms with Crippen LogP contribution in [0.15, 0.2) is 72.9 Å². The summed E-state index contributed by atoms with van der Waals surface area (Å²) in [5.41, 5.74) is 0.912. The van der Waals surface area contributed by atoms with Gasteiger partial charge in [-0.05, 0) is 47.4 Å². The molecule has 3 rings (SSSR count). The Morgan fingerprint density at radius 2 is 1.61 bits per heavy atom. The summed E-state index contributed by atoms with van der Waals surface area (Å²) >= 11 is 0. The van der Waals surface area contributed by atoms with E-state index < -0.39 is 59.9 Å². The summed E-state index contributed by atoms with van der Waals surface area (Å²) in [5, 5.41) is 14.7. The number of Topliss-reactive ketones (excluding diaryl/α,β-unsaturated/α-hetero) is 2. The molecule has 0 saturated heterocycles. The van der Waals surface area contributed by atoms with Gasteiger partial charge in [-0.2, -0.15) is 18.4 Å². The van der Waals surface area contributed by atoms with Crippen LogP contribution in [0.25, 0.3) is 0 Å². The van der Waals surface area contributed by atoms with Crippen molar-refractivity contribution in [3.63, 3.8) is 0 Å². The number of nitrogens with one attached hydrogen (secondary N) is 2. The maximum absolute atomic E-state index is 13.8. The van der Waals surface area contributed by atoms with Crippen molar-refractivity contribution in [1.29, 1.82) is 5.26 Å². The van der Waals surface area contributed by atoms with Crippen molar-refractivity contribution in [1.82, 2.24) is 15.6 Å². The van der Waals surface area contributed by atoms with Crippen molar-refractivity contribution < 1.29 is 37.1 Å². The first-order valence-electron chi connectivity index (χ1n) is 13.6. The van der Waals surface area contributed by atoms with Crippen LogP contribution in [0, 0.1) is 23.2 Å². The smallest absolute Gasteiger partial charge is 0.450 e. The Kier molecular flexibility index (Phi) is 11.3. The average molecular weight is 609 g/mol. The molecule has 230 valence electrons. The molecule has 0 aliphatic heterocycles. The zero-order valence-corrected chi connectivity index (χ0v) is 24.2. The lowest BCUT2D eigenvalue weighted by Crippen LogP contribution is -2.50. The molecule has 3 atom stereocenters. The minimum atomic E-state index is -5.15. The van der Waals surface area contributed by atoms with Gasteiger partial charge in [0, 0.05) is 25.0 Å². The average Bonchev–Trinajstić information content (AvgIpc) is 3.01. The Labute approximate surface area is 252 Å². The molecule has 0 aliphatic rings. The SMILES string of the molecule is COc1ccc([C@H](NC(=O)[C@H](Cc2ccccc2C#N)NC(=O)c2ccccn2)C(=O)C[C@H](C(=O)C(F)(F)F)C(C)C)cc1. The number of hydrogen-bond acceptors (Lipinski definition) is 7. The molecular weight excluding hydrogens is 577 g/mol. The number of nitriles is 1. The van der Waals surface area contributed by atoms with E-state index in [1.165, 1.54) is 63.6 Å². The first kappa shape index (κ1) is 33.5. The van der Waals surface area contributed by atoms with Gasteiger partial charge >= 0.3 is 6.18 Å². The molecule has 0 radical (unpaired) electrons. The van der Waals surface area contributed by atoms with Crippen LogP contribution in [0.2, 0.25) is 0 Å². The normalized spacial score (nSPS) is 13.2. The number of carbonyl (C=O) groups excluding carboxylic acids is 4. The fourth-order valence-corrected chi connectivity index (χ4v) is 4.53. The van der Waals surface area contributed by atoms with Gasteiger partial charge in [-0.3, -0.25) is 24.2 Å². The van der Waals surface area contributed by atoms with Gasteiger partial charge in [0.05, 0.1) is 18.7 Å². The molecule has 9 nitrogen and oxygen atoms in total. The molecule has 3 aromatic rings. The van der Waals surface area contributed by atoms with Gasteiger partial charge in [0.1, 0.15) is 23.5 Å². The van der Waals surface area contributed by atoms with Crippen LogP contribution in [0.4, 0.5) is 13.2 Å². The maximum Gasteiger partial charge on any atom is 0.450 e. The van der Waals surface area contributed by atoms with Crippen molar-refractivity contribution in [3.05, 3.63) is 95.3 Å². The second kappa shape index (κ2) is 14.9. The van der Waals surface area contributed by atoms with Crippen molar-refractivity contribution >= 4 is 23.4 Å². The van der Waals surface area contributed by atoms with Crippen LogP contribution in [0.3, 0.4) is 0 Å². The second-order valence-electron chi connectivity index (χ2n) is 10.3. The summed E-state index contributed by atoms with van der Waals surface area (Å²) < 4.78 is 45.2. The summed E-state index contributed by atoms with van der Waals surface area (Å²) in [6.07, 6.45) is -4.71. The van der Waals surface area contributed by atoms with Gasteiger partial charge in [-0.1, -0.05) is 50.2 Å². The highest BCUT2D eigenvalue weighted by atomic mass is 19.4. The molecule has 2 N–H and O–H groups in total. The molecule has 0 bridgehead atoms. The third-order valence-electron chi connectivity index (χ3n) is 6.98. The van der Waals surface area contributed by atoms with Gasteiger partial charge in [0.2, 0.25) is 11.7 Å². The summed E-state index contributed by atoms with van der Waals surface area (Å²) in [6.45, 7) is 2.80. The van der Waals surface area contributed by atoms with Crippen LogP contribution in [0.1, 0.15) is 53.5 Å². The number of ether oxygens (including phenoxy) is 1. The van der Waals surface area contributed by atoms with Gasteiger partial charge < -0.3 is 15.4 Å². The van der Waals surface area contributed by atoms with E-state index in [1.807, 2.05) is 6.07 Å². The van der Waals surface area contributed by atoms with E-state index in [0.29, 0.717) is 11.3 Å². The van der Waals surface area contributed by atoms with Gasteiger partial charge in [-0.25, -0.2) is 0 Å². The van der Waals surface area contributed by atoms with E-state index in [0.717, 1.165) is 0 Å². The summed E-state index contributed by atoms with van der Waals surface area (Å²) in [5.74, 6) is -6.51. The predicted molar refractivity (Wildman–Crippen MR) is 153 cm³/mol. The topological polar surface area (TPSA) is 138 Å². The highest BCUT2D eigenvalue weighted by Crippen LogP contribution is 2.30. The quantitative estimate of drug-likeness (QED) is 0.291. The molecule has 0 aliphatic carbocycles. The molecule has 12 heteroatoms. The third kappa shape index (κ3) is 8.73. The lowest BCUT2D eigenvalue weighted by atomic mass is 9.84. The number of alkyl halides is 3. The Hall–Kier alpha value is -5.05. The molecule has 2 amide bonds. The molecule has 44 heavy (non-hydrogen) atoms. The van der Waals surface area contributed by atoms with E-state index in [1.54, 1.807) is 30.3 Å². The summed E-state index contributed by atoms with van der Waals surface area (Å²) in [4.78, 5) is 56.6. The number of hydrogen-bond donors (Lipinski definition) is 2. The molecular formula is C32H31F3N4O5. The van der Waals surface area contributed by atoms with Crippen molar-refractivity contribution in [3.8, 4) is 11.8 Å². The molecule has 1 aromatic heterocycles. The number of rotatable bonds is 13. The Morgan fingerprint density at radius 3 is 2.18 bits per heavy atom. The fraction of sp³-hybridized carbons (Fsp3) is 0.312. The molecule has 0 fully saturated rings. The van der Waals surface area contributed by atoms with E-state index in [-0.39, 0.29) is 23.2 Å². The highest BCUT2D eigenvalue weighted by molar-refractivity contribution is 5.98. The highest BCUT2D eigenvalue weighted by Gasteiger charge is 2.45. The molecule has 0 saturated carbocycles. The number of amides is 2. The van der Waals surface area contributed by atoms with Crippen LogP contribution in [-0.4, -0.2) is 47.7 Å². The number of nitrogens with zero attached hydrogens (tertiary/aromatic N) is 2. The Morgan fingerprint density at radius 1 is 0.955 bits per heavy atom. The van der Waals surface area contributed by atoms with Gasteiger partial charge in [0.15, 0.2) is 5.78 Å². The van der Waals surface area contributed by atoms with E-state index in [2.05, 4.69) is 15.6 Å². The fourth-order valence-electron chi connectivity index (χ4n) is 4.53. The standard InChI is InChI=1S/C32H31F3N4O5/c1-19(2)24(29(41)32(33,34)35)17-27(40)28(20-11-13-23(44-3)14-12-20)39-31(43)26(16-21-8-4-5-9-22(21)18-36)38-30(42)25-10-6-7-15-37-25/h4-15,19,24,26,28H,16-17H2,1-3H3,(H,38,42)(H,39,43)/t24-,26-,28-/m0/s1. The number of pyridine rings is 1. The number of ketones is 2. The Balaban J connectivity index is 1.99. The molecule has 0 unspecified atom stereocenters. The zero-order valence-electron chi connectivity index (χ0n) is 24.2. The van der Waals surface area contributed by atoms with Gasteiger partial charge in [0.25, 0.3) is 5.91 Å². The van der Waals surface area contributed by atoms with E-state index in [4.69, 9.17) is 4.74 Å². The van der Waals surface area contributed by atoms with E-state index in [9.17, 15) is 37.6 Å². The van der Waals surface area contributed by atoms with Crippen molar-refractivity contribution in [2.24, 2.45) is 11.8 Å². The molecule has 0 spiro atoms. The largest absolute Gasteiger partial charge is 0.497 e. The van der Waals surface area contributed by atoms with Crippen molar-refractivity contribution in [2.75, 3.05) is 7.11 Å². The number of aromatic nitrogens is 1.